The van der Waals surface area contributed by atoms with Gasteiger partial charge < -0.3 is 14.8 Å². The Balaban J connectivity index is 1.45. The van der Waals surface area contributed by atoms with E-state index in [-0.39, 0.29) is 6.10 Å². The van der Waals surface area contributed by atoms with E-state index in [4.69, 9.17) is 19.6 Å². The Morgan fingerprint density at radius 2 is 2.06 bits per heavy atom. The van der Waals surface area contributed by atoms with E-state index in [2.05, 4.69) is 15.3 Å². The molecular weight excluding hydrogens is 412 g/mol. The van der Waals surface area contributed by atoms with Crippen molar-refractivity contribution in [2.75, 3.05) is 12.4 Å². The minimum Gasteiger partial charge on any atom is -0.497 e. The second kappa shape index (κ2) is 8.09. The van der Waals surface area contributed by atoms with Crippen LogP contribution in [0.1, 0.15) is 34.9 Å². The van der Waals surface area contributed by atoms with E-state index in [1.807, 2.05) is 55.1 Å². The van der Waals surface area contributed by atoms with Crippen molar-refractivity contribution in [2.24, 2.45) is 0 Å². The van der Waals surface area contributed by atoms with Crippen LogP contribution in [0.3, 0.4) is 0 Å². The van der Waals surface area contributed by atoms with Gasteiger partial charge in [-0.2, -0.15) is 5.10 Å². The number of fused-ring (bicyclic) bond motifs is 3. The van der Waals surface area contributed by atoms with Crippen LogP contribution in [0.15, 0.2) is 42.7 Å². The fraction of sp³-hybridized carbons (Fsp3) is 0.273. The number of thiazole rings is 1. The third kappa shape index (κ3) is 4.01. The fourth-order valence-electron chi connectivity index (χ4n) is 3.50. The number of nitrogens with zero attached hydrogens (tertiary/aromatic N) is 5. The number of aryl methyl sites for hydroxylation is 1. The molecule has 1 atom stereocenters. The molecule has 4 heterocycles. The van der Waals surface area contributed by atoms with Crippen LogP contribution in [0.4, 0.5) is 11.1 Å². The normalized spacial score (nSPS) is 15.1. The standard InChI is InChI=1S/C22H22N6O2S/c1-13-8-9-23-21(24-13)26-22-25-19-17-11-28(10-15-4-6-16(29-3)7-5-15)27-18(17)12-30-14(2)20(19)31-22/h4-9,11,14H,10,12H2,1-3H3,(H,23,24,25,26). The fourth-order valence-corrected chi connectivity index (χ4v) is 4.48. The molecule has 0 fully saturated rings. The molecule has 0 aliphatic carbocycles. The molecule has 0 spiro atoms. The van der Waals surface area contributed by atoms with Gasteiger partial charge in [-0.3, -0.25) is 4.68 Å². The van der Waals surface area contributed by atoms with Crippen LogP contribution in [-0.4, -0.2) is 31.8 Å². The van der Waals surface area contributed by atoms with E-state index in [1.165, 1.54) is 0 Å². The zero-order chi connectivity index (χ0) is 21.4. The number of hydrogen-bond donors (Lipinski definition) is 1. The molecule has 1 unspecified atom stereocenters. The quantitative estimate of drug-likeness (QED) is 0.495. The summed E-state index contributed by atoms with van der Waals surface area (Å²) in [4.78, 5) is 14.6. The van der Waals surface area contributed by atoms with Crippen molar-refractivity contribution in [2.45, 2.75) is 33.1 Å². The van der Waals surface area contributed by atoms with Crippen molar-refractivity contribution in [3.05, 3.63) is 64.6 Å². The van der Waals surface area contributed by atoms with Gasteiger partial charge in [0, 0.05) is 23.7 Å². The predicted octanol–water partition coefficient (Wildman–Crippen LogP) is 4.50. The molecule has 31 heavy (non-hydrogen) atoms. The first-order chi connectivity index (χ1) is 15.1. The van der Waals surface area contributed by atoms with Crippen molar-refractivity contribution in [3.8, 4) is 17.0 Å². The van der Waals surface area contributed by atoms with E-state index in [9.17, 15) is 0 Å². The summed E-state index contributed by atoms with van der Waals surface area (Å²) in [6.07, 6.45) is 3.72. The van der Waals surface area contributed by atoms with Crippen molar-refractivity contribution in [1.29, 1.82) is 0 Å². The molecule has 158 valence electrons. The van der Waals surface area contributed by atoms with Crippen LogP contribution in [-0.2, 0) is 17.9 Å². The lowest BCUT2D eigenvalue weighted by Crippen LogP contribution is -2.03. The highest BCUT2D eigenvalue weighted by atomic mass is 32.1. The van der Waals surface area contributed by atoms with Gasteiger partial charge in [-0.15, -0.1) is 0 Å². The number of aromatic nitrogens is 5. The highest BCUT2D eigenvalue weighted by Crippen LogP contribution is 2.41. The highest BCUT2D eigenvalue weighted by molar-refractivity contribution is 7.16. The van der Waals surface area contributed by atoms with Gasteiger partial charge in [0.25, 0.3) is 0 Å². The van der Waals surface area contributed by atoms with Crippen molar-refractivity contribution >= 4 is 22.4 Å². The molecule has 0 saturated carbocycles. The van der Waals surface area contributed by atoms with Crippen LogP contribution in [0.25, 0.3) is 11.3 Å². The first kappa shape index (κ1) is 19.7. The van der Waals surface area contributed by atoms with Crippen LogP contribution in [0.5, 0.6) is 5.75 Å². The predicted molar refractivity (Wildman–Crippen MR) is 119 cm³/mol. The molecular formula is C22H22N6O2S. The Labute approximate surface area is 183 Å². The zero-order valence-corrected chi connectivity index (χ0v) is 18.3. The summed E-state index contributed by atoms with van der Waals surface area (Å²) in [6, 6.07) is 9.86. The van der Waals surface area contributed by atoms with Gasteiger partial charge in [-0.05, 0) is 37.6 Å². The number of rotatable bonds is 5. The Kier molecular flexibility index (Phi) is 5.13. The summed E-state index contributed by atoms with van der Waals surface area (Å²) < 4.78 is 13.2. The highest BCUT2D eigenvalue weighted by Gasteiger charge is 2.27. The van der Waals surface area contributed by atoms with Crippen LogP contribution in [0.2, 0.25) is 0 Å². The van der Waals surface area contributed by atoms with Crippen LogP contribution >= 0.6 is 11.3 Å². The third-order valence-corrected chi connectivity index (χ3v) is 6.24. The molecule has 5 rings (SSSR count). The first-order valence-corrected chi connectivity index (χ1v) is 10.8. The summed E-state index contributed by atoms with van der Waals surface area (Å²) in [5.41, 5.74) is 4.84. The second-order valence-corrected chi connectivity index (χ2v) is 8.40. The Morgan fingerprint density at radius 1 is 1.23 bits per heavy atom. The molecule has 4 aromatic rings. The Morgan fingerprint density at radius 3 is 2.84 bits per heavy atom. The molecule has 1 N–H and O–H groups in total. The van der Waals surface area contributed by atoms with E-state index in [1.54, 1.807) is 24.6 Å². The van der Waals surface area contributed by atoms with Crippen LogP contribution in [0, 0.1) is 6.92 Å². The second-order valence-electron chi connectivity index (χ2n) is 7.37. The number of nitrogens with one attached hydrogen (secondary N) is 1. The zero-order valence-electron chi connectivity index (χ0n) is 17.5. The van der Waals surface area contributed by atoms with E-state index < -0.39 is 0 Å². The van der Waals surface area contributed by atoms with Crippen molar-refractivity contribution < 1.29 is 9.47 Å². The smallest absolute Gasteiger partial charge is 0.229 e. The minimum atomic E-state index is -0.0642. The third-order valence-electron chi connectivity index (χ3n) is 5.10. The number of anilines is 2. The summed E-state index contributed by atoms with van der Waals surface area (Å²) in [6.45, 7) is 5.09. The van der Waals surface area contributed by atoms with Gasteiger partial charge in [0.05, 0.1) is 42.6 Å². The maximum atomic E-state index is 6.05. The summed E-state index contributed by atoms with van der Waals surface area (Å²) in [7, 11) is 1.67. The van der Waals surface area contributed by atoms with Crippen molar-refractivity contribution in [3.63, 3.8) is 0 Å². The average Bonchev–Trinajstić information content (AvgIpc) is 3.34. The lowest BCUT2D eigenvalue weighted by molar-refractivity contribution is 0.0548. The van der Waals surface area contributed by atoms with Gasteiger partial charge in [-0.25, -0.2) is 15.0 Å². The first-order valence-electron chi connectivity index (χ1n) is 9.97. The van der Waals surface area contributed by atoms with Gasteiger partial charge in [0.2, 0.25) is 5.95 Å². The molecule has 8 nitrogen and oxygen atoms in total. The molecule has 1 aliphatic heterocycles. The largest absolute Gasteiger partial charge is 0.497 e. The SMILES string of the molecule is COc1ccc(Cn2cc3c(n2)COC(C)c2sc(Nc4nccc(C)n4)nc2-3)cc1. The summed E-state index contributed by atoms with van der Waals surface area (Å²) in [5, 5.41) is 8.73. The summed E-state index contributed by atoms with van der Waals surface area (Å²) in [5.74, 6) is 1.38. The van der Waals surface area contributed by atoms with E-state index in [0.717, 1.165) is 44.0 Å². The topological polar surface area (TPSA) is 87.0 Å². The van der Waals surface area contributed by atoms with Crippen LogP contribution < -0.4 is 10.1 Å². The van der Waals surface area contributed by atoms with E-state index in [0.29, 0.717) is 19.1 Å². The average molecular weight is 435 g/mol. The Bertz CT molecular complexity index is 1220. The Hall–Kier alpha value is -3.30. The monoisotopic (exact) mass is 434 g/mol. The molecule has 1 aliphatic rings. The van der Waals surface area contributed by atoms with Gasteiger partial charge in [-0.1, -0.05) is 23.5 Å². The molecule has 3 aromatic heterocycles. The maximum Gasteiger partial charge on any atom is 0.229 e. The molecule has 0 saturated heterocycles. The molecule has 0 bridgehead atoms. The number of hydrogen-bond acceptors (Lipinski definition) is 8. The minimum absolute atomic E-state index is 0.0642. The van der Waals surface area contributed by atoms with Gasteiger partial charge in [0.1, 0.15) is 5.75 Å². The maximum absolute atomic E-state index is 6.05. The van der Waals surface area contributed by atoms with E-state index >= 15 is 0 Å². The van der Waals surface area contributed by atoms with Gasteiger partial charge in [0.15, 0.2) is 5.13 Å². The molecule has 0 radical (unpaired) electrons. The lowest BCUT2D eigenvalue weighted by Gasteiger charge is -2.08. The van der Waals surface area contributed by atoms with Gasteiger partial charge >= 0.3 is 0 Å². The summed E-state index contributed by atoms with van der Waals surface area (Å²) >= 11 is 1.56. The number of methoxy groups -OCH3 is 1. The molecule has 9 heteroatoms. The molecule has 1 aromatic carbocycles. The lowest BCUT2D eigenvalue weighted by atomic mass is 10.1. The van der Waals surface area contributed by atoms with Crippen molar-refractivity contribution in [1.82, 2.24) is 24.7 Å². The molecule has 0 amide bonds. The number of benzene rings is 1. The number of ether oxygens (including phenoxy) is 2.